The molecule has 1 aliphatic heterocycles. The van der Waals surface area contributed by atoms with E-state index in [1.54, 1.807) is 11.2 Å². The Labute approximate surface area is 106 Å². The number of nitrogens with one attached hydrogen (secondary N) is 1. The van der Waals surface area contributed by atoms with E-state index in [1.165, 1.54) is 6.20 Å². The van der Waals surface area contributed by atoms with Gasteiger partial charge in [-0.15, -0.1) is 0 Å². The third-order valence-corrected chi connectivity index (χ3v) is 6.33. The van der Waals surface area contributed by atoms with Gasteiger partial charge in [0.1, 0.15) is 5.82 Å². The molecule has 2 unspecified atom stereocenters. The van der Waals surface area contributed by atoms with E-state index in [9.17, 15) is 8.42 Å². The summed E-state index contributed by atoms with van der Waals surface area (Å²) in [6.45, 7) is 6.33. The molecule has 7 heteroatoms. The second-order valence-corrected chi connectivity index (χ2v) is 7.61. The van der Waals surface area contributed by atoms with Crippen LogP contribution in [0.1, 0.15) is 19.7 Å². The smallest absolute Gasteiger partial charge is 0.260 e. The molecule has 2 rings (SSSR count). The maximum absolute atomic E-state index is 12.4. The van der Waals surface area contributed by atoms with E-state index in [1.807, 2.05) is 18.7 Å². The first-order valence-electron chi connectivity index (χ1n) is 5.58. The highest BCUT2D eigenvalue weighted by Gasteiger charge is 2.35. The molecule has 0 radical (unpaired) electrons. The highest BCUT2D eigenvalue weighted by atomic mass is 32.2. The molecule has 5 nitrogen and oxygen atoms in total. The molecular weight excluding hydrogens is 258 g/mol. The molecule has 2 atom stereocenters. The summed E-state index contributed by atoms with van der Waals surface area (Å²) >= 11 is 1.81. The molecule has 0 bridgehead atoms. The summed E-state index contributed by atoms with van der Waals surface area (Å²) in [5.41, 5.74) is 0. The topological polar surface area (TPSA) is 66.1 Å². The highest BCUT2D eigenvalue weighted by molar-refractivity contribution is 8.00. The average molecular weight is 275 g/mol. The Hall–Kier alpha value is -0.530. The van der Waals surface area contributed by atoms with Gasteiger partial charge in [0.15, 0.2) is 5.03 Å². The Bertz CT molecular complexity index is 497. The average Bonchev–Trinajstić information content (AvgIpc) is 2.69. The molecule has 1 saturated heterocycles. The van der Waals surface area contributed by atoms with E-state index in [0.717, 1.165) is 5.75 Å². The van der Waals surface area contributed by atoms with Crippen molar-refractivity contribution >= 4 is 21.8 Å². The van der Waals surface area contributed by atoms with Gasteiger partial charge in [-0.25, -0.2) is 13.4 Å². The first kappa shape index (κ1) is 12.9. The molecule has 0 saturated carbocycles. The lowest BCUT2D eigenvalue weighted by Crippen LogP contribution is -2.47. The molecule has 0 aromatic carbocycles. The van der Waals surface area contributed by atoms with Gasteiger partial charge in [0.25, 0.3) is 10.0 Å². The van der Waals surface area contributed by atoms with Crippen molar-refractivity contribution in [3.63, 3.8) is 0 Å². The standard InChI is InChI=1S/C10H17N3O2S2/c1-7-8(2)16-5-4-13(7)17(14,15)10-6-11-9(3)12-10/h6-8H,4-5H2,1-3H3,(H,11,12). The van der Waals surface area contributed by atoms with Crippen molar-refractivity contribution < 1.29 is 8.42 Å². The Morgan fingerprint density at radius 3 is 2.82 bits per heavy atom. The van der Waals surface area contributed by atoms with Gasteiger partial charge < -0.3 is 4.98 Å². The molecule has 1 fully saturated rings. The molecule has 0 aliphatic carbocycles. The lowest BCUT2D eigenvalue weighted by atomic mass is 10.2. The van der Waals surface area contributed by atoms with Crippen molar-refractivity contribution in [1.82, 2.24) is 14.3 Å². The number of nitrogens with zero attached hydrogens (tertiary/aromatic N) is 2. The van der Waals surface area contributed by atoms with Gasteiger partial charge in [-0.2, -0.15) is 16.1 Å². The summed E-state index contributed by atoms with van der Waals surface area (Å²) in [7, 11) is -3.42. The summed E-state index contributed by atoms with van der Waals surface area (Å²) in [5.74, 6) is 1.47. The fraction of sp³-hybridized carbons (Fsp3) is 0.700. The largest absolute Gasteiger partial charge is 0.332 e. The quantitative estimate of drug-likeness (QED) is 0.881. The van der Waals surface area contributed by atoms with Crippen molar-refractivity contribution in [2.45, 2.75) is 37.1 Å². The van der Waals surface area contributed by atoms with Crippen molar-refractivity contribution in [3.05, 3.63) is 12.0 Å². The monoisotopic (exact) mass is 275 g/mol. The molecule has 1 aliphatic rings. The normalized spacial score (nSPS) is 27.2. The van der Waals surface area contributed by atoms with Gasteiger partial charge in [-0.05, 0) is 13.8 Å². The van der Waals surface area contributed by atoms with Gasteiger partial charge in [0.2, 0.25) is 0 Å². The molecule has 1 aromatic rings. The van der Waals surface area contributed by atoms with Crippen molar-refractivity contribution in [1.29, 1.82) is 0 Å². The first-order chi connectivity index (χ1) is 7.93. The third kappa shape index (κ3) is 2.36. The molecule has 0 amide bonds. The van der Waals surface area contributed by atoms with E-state index in [2.05, 4.69) is 16.9 Å². The first-order valence-corrected chi connectivity index (χ1v) is 8.07. The van der Waals surface area contributed by atoms with Gasteiger partial charge in [0.05, 0.1) is 6.20 Å². The minimum Gasteiger partial charge on any atom is -0.332 e. The van der Waals surface area contributed by atoms with Gasteiger partial charge >= 0.3 is 0 Å². The van der Waals surface area contributed by atoms with E-state index < -0.39 is 10.0 Å². The van der Waals surface area contributed by atoms with Gasteiger partial charge in [0, 0.05) is 23.6 Å². The SMILES string of the molecule is Cc1ncc(S(=O)(=O)N2CCSC(C)C2C)[nH]1. The molecule has 96 valence electrons. The number of aromatic amines is 1. The number of imidazole rings is 1. The van der Waals surface area contributed by atoms with Gasteiger partial charge in [-0.3, -0.25) is 0 Å². The second kappa shape index (κ2) is 4.62. The zero-order valence-electron chi connectivity index (χ0n) is 10.2. The van der Waals surface area contributed by atoms with Crippen LogP contribution in [0.2, 0.25) is 0 Å². The number of sulfonamides is 1. The summed E-state index contributed by atoms with van der Waals surface area (Å²) in [5, 5.41) is 0.517. The zero-order valence-corrected chi connectivity index (χ0v) is 11.8. The fourth-order valence-corrected chi connectivity index (χ4v) is 4.86. The minimum absolute atomic E-state index is 0.0161. The van der Waals surface area contributed by atoms with Crippen LogP contribution in [0.15, 0.2) is 11.2 Å². The number of aryl methyl sites for hydroxylation is 1. The predicted molar refractivity (Wildman–Crippen MR) is 68.6 cm³/mol. The summed E-state index contributed by atoms with van der Waals surface area (Å²) in [4.78, 5) is 6.76. The van der Waals surface area contributed by atoms with E-state index in [-0.39, 0.29) is 11.1 Å². The molecule has 2 heterocycles. The number of H-pyrrole nitrogens is 1. The van der Waals surface area contributed by atoms with E-state index in [4.69, 9.17) is 0 Å². The van der Waals surface area contributed by atoms with Crippen LogP contribution in [-0.2, 0) is 10.0 Å². The van der Waals surface area contributed by atoms with Crippen LogP contribution in [0.5, 0.6) is 0 Å². The minimum atomic E-state index is -3.42. The zero-order chi connectivity index (χ0) is 12.6. The summed E-state index contributed by atoms with van der Waals surface area (Å²) in [6, 6.07) is 0.0161. The Kier molecular flexibility index (Phi) is 3.51. The van der Waals surface area contributed by atoms with Crippen molar-refractivity contribution in [2.24, 2.45) is 0 Å². The number of hydrogen-bond donors (Lipinski definition) is 1. The summed E-state index contributed by atoms with van der Waals surface area (Å²) < 4.78 is 26.4. The van der Waals surface area contributed by atoms with Crippen LogP contribution >= 0.6 is 11.8 Å². The van der Waals surface area contributed by atoms with Crippen LogP contribution in [0.4, 0.5) is 0 Å². The number of hydrogen-bond acceptors (Lipinski definition) is 4. The van der Waals surface area contributed by atoms with Gasteiger partial charge in [-0.1, -0.05) is 6.92 Å². The highest BCUT2D eigenvalue weighted by Crippen LogP contribution is 2.28. The van der Waals surface area contributed by atoms with Crippen LogP contribution in [-0.4, -0.2) is 46.3 Å². The van der Waals surface area contributed by atoms with E-state index >= 15 is 0 Å². The molecule has 0 spiro atoms. The van der Waals surface area contributed by atoms with Crippen LogP contribution < -0.4 is 0 Å². The number of thioether (sulfide) groups is 1. The van der Waals surface area contributed by atoms with Crippen LogP contribution in [0.25, 0.3) is 0 Å². The van der Waals surface area contributed by atoms with Crippen molar-refractivity contribution in [2.75, 3.05) is 12.3 Å². The fourth-order valence-electron chi connectivity index (χ4n) is 1.90. The van der Waals surface area contributed by atoms with Crippen molar-refractivity contribution in [3.8, 4) is 0 Å². The third-order valence-electron chi connectivity index (χ3n) is 3.09. The number of rotatable bonds is 2. The van der Waals surface area contributed by atoms with Crippen LogP contribution in [0, 0.1) is 6.92 Å². The van der Waals surface area contributed by atoms with Crippen LogP contribution in [0.3, 0.4) is 0 Å². The molecule has 1 N–H and O–H groups in total. The summed E-state index contributed by atoms with van der Waals surface area (Å²) in [6.07, 6.45) is 1.39. The molecule has 1 aromatic heterocycles. The van der Waals surface area contributed by atoms with E-state index in [0.29, 0.717) is 17.6 Å². The second-order valence-electron chi connectivity index (χ2n) is 4.27. The maximum Gasteiger partial charge on any atom is 0.260 e. The lowest BCUT2D eigenvalue weighted by molar-refractivity contribution is 0.339. The lowest BCUT2D eigenvalue weighted by Gasteiger charge is -2.35. The Morgan fingerprint density at radius 2 is 2.24 bits per heavy atom. The molecular formula is C10H17N3O2S2. The number of aromatic nitrogens is 2. The maximum atomic E-state index is 12.4. The Morgan fingerprint density at radius 1 is 1.53 bits per heavy atom. The predicted octanol–water partition coefficient (Wildman–Crippen LogP) is 1.23. The Balaban J connectivity index is 2.32. The molecule has 17 heavy (non-hydrogen) atoms.